The molecule has 0 spiro atoms. The van der Waals surface area contributed by atoms with Crippen LogP contribution in [0, 0.1) is 5.82 Å². The molecule has 0 radical (unpaired) electrons. The Morgan fingerprint density at radius 3 is 2.82 bits per heavy atom. The molecule has 0 unspecified atom stereocenters. The number of hydrogen-bond acceptors (Lipinski definition) is 4. The van der Waals surface area contributed by atoms with Crippen LogP contribution in [0.25, 0.3) is 0 Å². The Kier molecular flexibility index (Phi) is 5.68. The van der Waals surface area contributed by atoms with Gasteiger partial charge in [-0.25, -0.2) is 9.18 Å². The van der Waals surface area contributed by atoms with E-state index in [1.165, 1.54) is 24.3 Å². The quantitative estimate of drug-likeness (QED) is 0.801. The molecule has 1 aromatic carbocycles. The number of amides is 1. The van der Waals surface area contributed by atoms with E-state index in [0.29, 0.717) is 6.54 Å². The van der Waals surface area contributed by atoms with Gasteiger partial charge >= 0.3 is 5.97 Å². The number of halogens is 2. The van der Waals surface area contributed by atoms with E-state index in [2.05, 4.69) is 21.2 Å². The molecule has 1 N–H and O–H groups in total. The summed E-state index contributed by atoms with van der Waals surface area (Å²) >= 11 is 4.62. The SMILES string of the molecule is C[C@H](OC(=O)c1ccc(F)cc1Br)C(=O)NCc1cccs1. The van der Waals surface area contributed by atoms with Crippen molar-refractivity contribution >= 4 is 39.1 Å². The normalized spacial score (nSPS) is 11.8. The second-order valence-corrected chi connectivity index (χ2v) is 6.36. The van der Waals surface area contributed by atoms with Gasteiger partial charge in [0.15, 0.2) is 6.10 Å². The third kappa shape index (κ3) is 4.38. The van der Waals surface area contributed by atoms with Gasteiger partial charge < -0.3 is 10.1 Å². The van der Waals surface area contributed by atoms with E-state index >= 15 is 0 Å². The fourth-order valence-electron chi connectivity index (χ4n) is 1.66. The van der Waals surface area contributed by atoms with Gasteiger partial charge in [-0.3, -0.25) is 4.79 Å². The predicted molar refractivity (Wildman–Crippen MR) is 85.1 cm³/mol. The standard InChI is InChI=1S/C15H13BrFNO3S/c1-9(14(19)18-8-11-3-2-6-22-11)21-15(20)12-5-4-10(17)7-13(12)16/h2-7,9H,8H2,1H3,(H,18,19)/t9-/m0/s1. The fourth-order valence-corrected chi connectivity index (χ4v) is 2.82. The van der Waals surface area contributed by atoms with Crippen molar-refractivity contribution < 1.29 is 18.7 Å². The fraction of sp³-hybridized carbons (Fsp3) is 0.200. The van der Waals surface area contributed by atoms with Crippen molar-refractivity contribution in [1.29, 1.82) is 0 Å². The summed E-state index contributed by atoms with van der Waals surface area (Å²) in [6.45, 7) is 1.87. The molecule has 22 heavy (non-hydrogen) atoms. The van der Waals surface area contributed by atoms with Crippen LogP contribution in [-0.4, -0.2) is 18.0 Å². The van der Waals surface area contributed by atoms with Crippen molar-refractivity contribution in [2.45, 2.75) is 19.6 Å². The first-order valence-electron chi connectivity index (χ1n) is 6.43. The summed E-state index contributed by atoms with van der Waals surface area (Å²) in [6.07, 6.45) is -0.940. The first-order valence-corrected chi connectivity index (χ1v) is 8.11. The molecule has 1 heterocycles. The molecule has 0 saturated carbocycles. The Bertz CT molecular complexity index is 675. The highest BCUT2D eigenvalue weighted by Gasteiger charge is 2.20. The first-order chi connectivity index (χ1) is 10.5. The number of ether oxygens (including phenoxy) is 1. The van der Waals surface area contributed by atoms with Crippen LogP contribution in [0.15, 0.2) is 40.2 Å². The molecular weight excluding hydrogens is 373 g/mol. The third-order valence-corrected chi connectivity index (χ3v) is 4.35. The van der Waals surface area contributed by atoms with Gasteiger partial charge in [-0.2, -0.15) is 0 Å². The van der Waals surface area contributed by atoms with Crippen LogP contribution >= 0.6 is 27.3 Å². The summed E-state index contributed by atoms with van der Waals surface area (Å²) in [5, 5.41) is 4.60. The Labute approximate surface area is 139 Å². The molecule has 0 aliphatic heterocycles. The topological polar surface area (TPSA) is 55.4 Å². The number of benzene rings is 1. The summed E-state index contributed by atoms with van der Waals surface area (Å²) in [5.41, 5.74) is 0.166. The Balaban J connectivity index is 1.91. The zero-order valence-corrected chi connectivity index (χ0v) is 14.0. The molecule has 7 heteroatoms. The van der Waals surface area contributed by atoms with Gasteiger partial charge in [0.25, 0.3) is 5.91 Å². The first kappa shape index (κ1) is 16.6. The largest absolute Gasteiger partial charge is 0.449 e. The van der Waals surface area contributed by atoms with Crippen molar-refractivity contribution in [2.75, 3.05) is 0 Å². The van der Waals surface area contributed by atoms with Gasteiger partial charge in [-0.05, 0) is 52.5 Å². The van der Waals surface area contributed by atoms with Gasteiger partial charge in [0.2, 0.25) is 0 Å². The molecule has 4 nitrogen and oxygen atoms in total. The summed E-state index contributed by atoms with van der Waals surface area (Å²) in [4.78, 5) is 24.9. The molecular formula is C15H13BrFNO3S. The molecule has 0 bridgehead atoms. The van der Waals surface area contributed by atoms with Gasteiger partial charge in [-0.1, -0.05) is 6.07 Å². The van der Waals surface area contributed by atoms with E-state index < -0.39 is 17.9 Å². The van der Waals surface area contributed by atoms with Crippen molar-refractivity contribution in [3.05, 3.63) is 56.4 Å². The number of nitrogens with one attached hydrogen (secondary N) is 1. The molecule has 1 amide bonds. The lowest BCUT2D eigenvalue weighted by Gasteiger charge is -2.13. The second-order valence-electron chi connectivity index (χ2n) is 4.47. The number of thiophene rings is 1. The van der Waals surface area contributed by atoms with Crippen molar-refractivity contribution in [3.8, 4) is 0 Å². The van der Waals surface area contributed by atoms with Crippen molar-refractivity contribution in [2.24, 2.45) is 0 Å². The average molecular weight is 386 g/mol. The van der Waals surface area contributed by atoms with Crippen LogP contribution in [0.5, 0.6) is 0 Å². The molecule has 2 aromatic rings. The van der Waals surface area contributed by atoms with Crippen LogP contribution in [0.4, 0.5) is 4.39 Å². The second kappa shape index (κ2) is 7.51. The van der Waals surface area contributed by atoms with E-state index in [1.54, 1.807) is 0 Å². The van der Waals surface area contributed by atoms with Gasteiger partial charge in [0.1, 0.15) is 5.82 Å². The Morgan fingerprint density at radius 2 is 2.18 bits per heavy atom. The lowest BCUT2D eigenvalue weighted by Crippen LogP contribution is -2.35. The van der Waals surface area contributed by atoms with Crippen LogP contribution in [0.2, 0.25) is 0 Å². The summed E-state index contributed by atoms with van der Waals surface area (Å²) in [7, 11) is 0. The highest BCUT2D eigenvalue weighted by molar-refractivity contribution is 9.10. The highest BCUT2D eigenvalue weighted by Crippen LogP contribution is 2.19. The monoisotopic (exact) mass is 385 g/mol. The summed E-state index contributed by atoms with van der Waals surface area (Å²) < 4.78 is 18.4. The number of esters is 1. The average Bonchev–Trinajstić information content (AvgIpc) is 2.97. The third-order valence-electron chi connectivity index (χ3n) is 2.82. The number of rotatable bonds is 5. The van der Waals surface area contributed by atoms with Gasteiger partial charge in [0, 0.05) is 9.35 Å². The maximum absolute atomic E-state index is 13.0. The number of carbonyl (C=O) groups excluding carboxylic acids is 2. The van der Waals surface area contributed by atoms with E-state index in [-0.39, 0.29) is 15.9 Å². The molecule has 0 aliphatic carbocycles. The number of carbonyl (C=O) groups is 2. The van der Waals surface area contributed by atoms with Crippen LogP contribution in [-0.2, 0) is 16.1 Å². The maximum Gasteiger partial charge on any atom is 0.340 e. The van der Waals surface area contributed by atoms with E-state index in [4.69, 9.17) is 4.74 Å². The van der Waals surface area contributed by atoms with E-state index in [0.717, 1.165) is 17.0 Å². The van der Waals surface area contributed by atoms with Crippen molar-refractivity contribution in [1.82, 2.24) is 5.32 Å². The summed E-state index contributed by atoms with van der Waals surface area (Å²) in [6, 6.07) is 7.41. The van der Waals surface area contributed by atoms with E-state index in [9.17, 15) is 14.0 Å². The molecule has 0 fully saturated rings. The minimum Gasteiger partial charge on any atom is -0.449 e. The van der Waals surface area contributed by atoms with E-state index in [1.807, 2.05) is 17.5 Å². The van der Waals surface area contributed by atoms with Crippen LogP contribution < -0.4 is 5.32 Å². The minimum atomic E-state index is -0.940. The lowest BCUT2D eigenvalue weighted by molar-refractivity contribution is -0.129. The lowest BCUT2D eigenvalue weighted by atomic mass is 10.2. The predicted octanol–water partition coefficient (Wildman–Crippen LogP) is 3.51. The van der Waals surface area contributed by atoms with Gasteiger partial charge in [0.05, 0.1) is 12.1 Å². The minimum absolute atomic E-state index is 0.166. The van der Waals surface area contributed by atoms with Gasteiger partial charge in [-0.15, -0.1) is 11.3 Å². The number of hydrogen-bond donors (Lipinski definition) is 1. The zero-order valence-electron chi connectivity index (χ0n) is 11.6. The Hall–Kier alpha value is -1.73. The van der Waals surface area contributed by atoms with Crippen LogP contribution in [0.1, 0.15) is 22.2 Å². The molecule has 1 aromatic heterocycles. The highest BCUT2D eigenvalue weighted by atomic mass is 79.9. The molecule has 1 atom stereocenters. The molecule has 0 saturated heterocycles. The maximum atomic E-state index is 13.0. The molecule has 116 valence electrons. The summed E-state index contributed by atoms with van der Waals surface area (Å²) in [5.74, 6) is -1.55. The van der Waals surface area contributed by atoms with Crippen LogP contribution in [0.3, 0.4) is 0 Å². The molecule has 2 rings (SSSR count). The molecule has 0 aliphatic rings. The smallest absolute Gasteiger partial charge is 0.340 e. The van der Waals surface area contributed by atoms with Crippen molar-refractivity contribution in [3.63, 3.8) is 0 Å². The zero-order chi connectivity index (χ0) is 16.1. The Morgan fingerprint density at radius 1 is 1.41 bits per heavy atom.